The summed E-state index contributed by atoms with van der Waals surface area (Å²) in [6.45, 7) is 12.2. The highest BCUT2D eigenvalue weighted by molar-refractivity contribution is 5.15. The standard InChI is InChI=1S/C27H48O3/c1-6-18-21-14-16(2)11-12-26(21,4)24-22(29)15-27(5)19(17(3)8-7-13-28)9-10-20(27)23(24)25(18)30/h16-25,28-30H,6-15H2,1-5H3/t16-,17-,18-,19-,20?,21+,22+,23?,24?,25-,26+,27-/m1/s1. The van der Waals surface area contributed by atoms with E-state index in [9.17, 15) is 15.3 Å². The van der Waals surface area contributed by atoms with Crippen LogP contribution in [0.2, 0.25) is 0 Å². The van der Waals surface area contributed by atoms with E-state index in [0.29, 0.717) is 29.6 Å². The van der Waals surface area contributed by atoms with Crippen LogP contribution in [0, 0.1) is 58.2 Å². The van der Waals surface area contributed by atoms with Crippen LogP contribution in [0.15, 0.2) is 0 Å². The Morgan fingerprint density at radius 1 is 1.03 bits per heavy atom. The van der Waals surface area contributed by atoms with Gasteiger partial charge in [0.2, 0.25) is 0 Å². The van der Waals surface area contributed by atoms with Gasteiger partial charge in [0.15, 0.2) is 0 Å². The molecule has 0 aliphatic heterocycles. The number of rotatable bonds is 5. The van der Waals surface area contributed by atoms with E-state index in [1.54, 1.807) is 0 Å². The molecule has 0 aromatic heterocycles. The second-order valence-corrected chi connectivity index (χ2v) is 12.6. The molecule has 3 heteroatoms. The topological polar surface area (TPSA) is 60.7 Å². The van der Waals surface area contributed by atoms with Crippen molar-refractivity contribution in [3.8, 4) is 0 Å². The van der Waals surface area contributed by atoms with Gasteiger partial charge in [-0.1, -0.05) is 47.5 Å². The predicted molar refractivity (Wildman–Crippen MR) is 122 cm³/mol. The molecule has 0 spiro atoms. The molecule has 4 saturated carbocycles. The molecule has 0 aromatic carbocycles. The zero-order valence-corrected chi connectivity index (χ0v) is 20.2. The minimum atomic E-state index is -0.282. The molecule has 0 saturated heterocycles. The van der Waals surface area contributed by atoms with Crippen molar-refractivity contribution in [1.82, 2.24) is 0 Å². The van der Waals surface area contributed by atoms with Crippen molar-refractivity contribution in [3.05, 3.63) is 0 Å². The molecule has 0 heterocycles. The van der Waals surface area contributed by atoms with E-state index in [4.69, 9.17) is 0 Å². The van der Waals surface area contributed by atoms with Gasteiger partial charge in [0, 0.05) is 6.61 Å². The lowest BCUT2D eigenvalue weighted by Gasteiger charge is -2.66. The minimum absolute atomic E-state index is 0.125. The molecule has 3 unspecified atom stereocenters. The predicted octanol–water partition coefficient (Wildman–Crippen LogP) is 5.27. The van der Waals surface area contributed by atoms with E-state index < -0.39 is 0 Å². The van der Waals surface area contributed by atoms with E-state index in [-0.39, 0.29) is 41.5 Å². The van der Waals surface area contributed by atoms with Crippen LogP contribution in [0.1, 0.15) is 92.4 Å². The van der Waals surface area contributed by atoms with Crippen molar-refractivity contribution in [1.29, 1.82) is 0 Å². The van der Waals surface area contributed by atoms with Crippen molar-refractivity contribution in [2.75, 3.05) is 6.61 Å². The van der Waals surface area contributed by atoms with Gasteiger partial charge >= 0.3 is 0 Å². The summed E-state index contributed by atoms with van der Waals surface area (Å²) in [6.07, 6.45) is 9.55. The maximum Gasteiger partial charge on any atom is 0.0605 e. The Labute approximate surface area is 185 Å². The monoisotopic (exact) mass is 420 g/mol. The van der Waals surface area contributed by atoms with Crippen LogP contribution in [-0.2, 0) is 0 Å². The van der Waals surface area contributed by atoms with Gasteiger partial charge in [-0.3, -0.25) is 0 Å². The van der Waals surface area contributed by atoms with Gasteiger partial charge in [-0.2, -0.15) is 0 Å². The van der Waals surface area contributed by atoms with Gasteiger partial charge in [0.1, 0.15) is 0 Å². The Morgan fingerprint density at radius 2 is 1.77 bits per heavy atom. The van der Waals surface area contributed by atoms with Crippen molar-refractivity contribution in [2.24, 2.45) is 58.2 Å². The van der Waals surface area contributed by atoms with E-state index >= 15 is 0 Å². The molecule has 0 radical (unpaired) electrons. The quantitative estimate of drug-likeness (QED) is 0.568. The summed E-state index contributed by atoms with van der Waals surface area (Å²) in [7, 11) is 0. The normalized spacial score (nSPS) is 54.2. The summed E-state index contributed by atoms with van der Waals surface area (Å²) in [5.74, 6) is 3.93. The van der Waals surface area contributed by atoms with Crippen molar-refractivity contribution < 1.29 is 15.3 Å². The molecule has 0 amide bonds. The first-order valence-corrected chi connectivity index (χ1v) is 13.2. The van der Waals surface area contributed by atoms with Crippen LogP contribution in [-0.4, -0.2) is 34.1 Å². The van der Waals surface area contributed by atoms with E-state index in [2.05, 4.69) is 34.6 Å². The second kappa shape index (κ2) is 8.34. The fourth-order valence-electron chi connectivity index (χ4n) is 9.88. The molecular formula is C27H48O3. The molecule has 0 aromatic rings. The van der Waals surface area contributed by atoms with Crippen LogP contribution in [0.25, 0.3) is 0 Å². The summed E-state index contributed by atoms with van der Waals surface area (Å²) < 4.78 is 0. The smallest absolute Gasteiger partial charge is 0.0605 e. The highest BCUT2D eigenvalue weighted by atomic mass is 16.3. The van der Waals surface area contributed by atoms with Crippen LogP contribution >= 0.6 is 0 Å². The second-order valence-electron chi connectivity index (χ2n) is 12.6. The average Bonchev–Trinajstić information content (AvgIpc) is 3.04. The third-order valence-corrected chi connectivity index (χ3v) is 11.2. The van der Waals surface area contributed by atoms with Gasteiger partial charge in [-0.05, 0) is 103 Å². The molecule has 4 aliphatic carbocycles. The third kappa shape index (κ3) is 3.32. The van der Waals surface area contributed by atoms with Crippen molar-refractivity contribution in [3.63, 3.8) is 0 Å². The SMILES string of the molecule is CC[C@H]1[C@@H](O)C2C3CC[C@H]([C@H](C)CCCO)[C@@]3(C)C[C@H](O)C2[C@@]2(C)CC[C@@H](C)C[C@@H]12. The van der Waals surface area contributed by atoms with E-state index in [0.717, 1.165) is 31.6 Å². The highest BCUT2D eigenvalue weighted by Crippen LogP contribution is 2.69. The van der Waals surface area contributed by atoms with Crippen LogP contribution in [0.4, 0.5) is 0 Å². The number of aliphatic hydroxyl groups is 3. The van der Waals surface area contributed by atoms with Crippen molar-refractivity contribution >= 4 is 0 Å². The zero-order chi connectivity index (χ0) is 21.8. The Morgan fingerprint density at radius 3 is 2.43 bits per heavy atom. The Hall–Kier alpha value is -0.120. The van der Waals surface area contributed by atoms with Crippen LogP contribution in [0.5, 0.6) is 0 Å². The first-order valence-electron chi connectivity index (χ1n) is 13.2. The Bertz CT molecular complexity index is 607. The first kappa shape index (κ1) is 23.1. The lowest BCUT2D eigenvalue weighted by molar-refractivity contribution is -0.232. The molecule has 174 valence electrons. The fourth-order valence-corrected chi connectivity index (χ4v) is 9.88. The maximum absolute atomic E-state index is 11.8. The van der Waals surface area contributed by atoms with Gasteiger partial charge in [-0.15, -0.1) is 0 Å². The third-order valence-electron chi connectivity index (χ3n) is 11.2. The zero-order valence-electron chi connectivity index (χ0n) is 20.2. The highest BCUT2D eigenvalue weighted by Gasteiger charge is 2.67. The largest absolute Gasteiger partial charge is 0.396 e. The average molecular weight is 421 g/mol. The molecule has 4 aliphatic rings. The summed E-state index contributed by atoms with van der Waals surface area (Å²) in [4.78, 5) is 0. The molecule has 4 rings (SSSR count). The molecule has 4 fully saturated rings. The maximum atomic E-state index is 11.8. The van der Waals surface area contributed by atoms with Gasteiger partial charge < -0.3 is 15.3 Å². The lowest BCUT2D eigenvalue weighted by Crippen LogP contribution is -2.65. The van der Waals surface area contributed by atoms with E-state index in [1.165, 1.54) is 32.1 Å². The molecule has 3 N–H and O–H groups in total. The van der Waals surface area contributed by atoms with Crippen molar-refractivity contribution in [2.45, 2.75) is 105 Å². The number of hydrogen-bond acceptors (Lipinski definition) is 3. The number of fused-ring (bicyclic) bond motifs is 5. The fraction of sp³-hybridized carbons (Fsp3) is 1.00. The Balaban J connectivity index is 1.68. The van der Waals surface area contributed by atoms with Gasteiger partial charge in [0.05, 0.1) is 12.2 Å². The van der Waals surface area contributed by atoms with Crippen LogP contribution in [0.3, 0.4) is 0 Å². The van der Waals surface area contributed by atoms with E-state index in [1.807, 2.05) is 0 Å². The number of hydrogen-bond donors (Lipinski definition) is 3. The first-order chi connectivity index (χ1) is 14.2. The molecule has 0 bridgehead atoms. The molecule has 30 heavy (non-hydrogen) atoms. The molecule has 12 atom stereocenters. The van der Waals surface area contributed by atoms with Crippen LogP contribution < -0.4 is 0 Å². The summed E-state index contributed by atoms with van der Waals surface area (Å²) >= 11 is 0. The molecule has 3 nitrogen and oxygen atoms in total. The van der Waals surface area contributed by atoms with Gasteiger partial charge in [0.25, 0.3) is 0 Å². The van der Waals surface area contributed by atoms with Gasteiger partial charge in [-0.25, -0.2) is 0 Å². The summed E-state index contributed by atoms with van der Waals surface area (Å²) in [5, 5.41) is 32.8. The summed E-state index contributed by atoms with van der Waals surface area (Å²) in [6, 6.07) is 0. The Kier molecular flexibility index (Phi) is 6.41. The lowest BCUT2D eigenvalue weighted by atomic mass is 9.40. The minimum Gasteiger partial charge on any atom is -0.396 e. The number of aliphatic hydroxyl groups excluding tert-OH is 3. The molecular weight excluding hydrogens is 372 g/mol. The summed E-state index contributed by atoms with van der Waals surface area (Å²) in [5.41, 5.74) is 0.304.